The Kier molecular flexibility index (Phi) is 7.11. The summed E-state index contributed by atoms with van der Waals surface area (Å²) in [5.41, 5.74) is 18.4. The van der Waals surface area contributed by atoms with Crippen molar-refractivity contribution in [3.05, 3.63) is 168 Å². The van der Waals surface area contributed by atoms with Crippen LogP contribution >= 0.6 is 11.3 Å². The average Bonchev–Trinajstić information content (AvgIpc) is 3.95. The maximum Gasteiger partial charge on any atom is 0.346 e. The van der Waals surface area contributed by atoms with E-state index in [-0.39, 0.29) is 17.7 Å². The van der Waals surface area contributed by atoms with E-state index in [0.29, 0.717) is 0 Å². The fourth-order valence-electron chi connectivity index (χ4n) is 11.2. The smallest absolute Gasteiger partial charge is 0.346 e. The number of furan rings is 1. The SMILES string of the molecule is Cc1cc2c(cc1N1c3cc(N(c4ccccc4)c4ccccc4)cc4c3B(c3sc5ccccc5c31)n1c3oc5ccccc5c3c3cccc-4c31)C(C)(C)CCC2(C)C. The number of hydrogen-bond acceptors (Lipinski definition) is 4. The Hall–Kier alpha value is -6.50. The largest absolute Gasteiger partial charge is 0.441 e. The number of rotatable bonds is 4. The molecule has 294 valence electrons. The van der Waals surface area contributed by atoms with Crippen LogP contribution in [-0.4, -0.2) is 11.3 Å². The zero-order valence-corrected chi connectivity index (χ0v) is 35.9. The molecule has 0 unspecified atom stereocenters. The molecule has 0 fully saturated rings. The van der Waals surface area contributed by atoms with E-state index in [9.17, 15) is 0 Å². The van der Waals surface area contributed by atoms with Crippen molar-refractivity contribution in [3.8, 4) is 11.1 Å². The zero-order chi connectivity index (χ0) is 40.9. The number of thiophene rings is 1. The third-order valence-electron chi connectivity index (χ3n) is 14.3. The highest BCUT2D eigenvalue weighted by Crippen LogP contribution is 2.54. The molecule has 0 spiro atoms. The normalized spacial score (nSPS) is 15.7. The molecule has 3 aliphatic rings. The molecular formula is C55H44BN3OS. The molecule has 3 aromatic heterocycles. The molecule has 6 heteroatoms. The van der Waals surface area contributed by atoms with Crippen molar-refractivity contribution in [1.29, 1.82) is 0 Å². The van der Waals surface area contributed by atoms with Crippen LogP contribution in [0.2, 0.25) is 0 Å². The summed E-state index contributed by atoms with van der Waals surface area (Å²) < 4.78 is 12.2. The average molecular weight is 806 g/mol. The van der Waals surface area contributed by atoms with Gasteiger partial charge in [-0.2, -0.15) is 0 Å². The van der Waals surface area contributed by atoms with Gasteiger partial charge in [0.1, 0.15) is 5.58 Å². The van der Waals surface area contributed by atoms with Crippen LogP contribution in [0.3, 0.4) is 0 Å². The van der Waals surface area contributed by atoms with Crippen molar-refractivity contribution >= 4 is 106 Å². The summed E-state index contributed by atoms with van der Waals surface area (Å²) in [6.07, 6.45) is 2.34. The van der Waals surface area contributed by atoms with Gasteiger partial charge in [0.2, 0.25) is 0 Å². The zero-order valence-electron chi connectivity index (χ0n) is 35.1. The van der Waals surface area contributed by atoms with E-state index in [1.165, 1.54) is 87.9 Å². The molecule has 0 N–H and O–H groups in total. The van der Waals surface area contributed by atoms with Gasteiger partial charge in [0, 0.05) is 65.2 Å². The standard InChI is InChI=1S/C55H44BN3OS/c1-33-29-42-43(55(4,5)28-27-54(42,2)3)32-44(33)58-45-31-36(57(34-17-8-6-9-18-34)35-19-10-7-11-20-35)30-41-37-23-16-24-40-48-38-21-12-14-25-46(38)60-53(48)59(50(37)40)56(49(41)45)52-51(58)39-22-13-15-26-47(39)61-52/h6-26,29-32H,27-28H2,1-5H3. The molecule has 1 aliphatic carbocycles. The van der Waals surface area contributed by atoms with E-state index in [2.05, 4.69) is 201 Å². The minimum Gasteiger partial charge on any atom is -0.441 e. The highest BCUT2D eigenvalue weighted by molar-refractivity contribution is 7.31. The number of aryl methyl sites for hydroxylation is 1. The number of para-hydroxylation sites is 4. The highest BCUT2D eigenvalue weighted by Gasteiger charge is 2.47. The summed E-state index contributed by atoms with van der Waals surface area (Å²) in [5.74, 6) is 0. The lowest BCUT2D eigenvalue weighted by molar-refractivity contribution is 0.332. The van der Waals surface area contributed by atoms with Gasteiger partial charge in [-0.3, -0.25) is 0 Å². The molecule has 0 saturated carbocycles. The number of anilines is 6. The number of aromatic nitrogens is 1. The molecule has 7 aromatic carbocycles. The summed E-state index contributed by atoms with van der Waals surface area (Å²) >= 11 is 1.94. The molecule has 0 amide bonds. The lowest BCUT2D eigenvalue weighted by Gasteiger charge is -2.44. The topological polar surface area (TPSA) is 24.6 Å². The molecule has 0 saturated heterocycles. The molecular weight excluding hydrogens is 762 g/mol. The van der Waals surface area contributed by atoms with Crippen LogP contribution in [0, 0.1) is 6.92 Å². The lowest BCUT2D eigenvalue weighted by atomic mass is 9.48. The predicted octanol–water partition coefficient (Wildman–Crippen LogP) is 14.3. The second-order valence-corrected chi connectivity index (χ2v) is 19.9. The fourth-order valence-corrected chi connectivity index (χ4v) is 12.5. The Morgan fingerprint density at radius 1 is 0.607 bits per heavy atom. The van der Waals surface area contributed by atoms with E-state index >= 15 is 0 Å². The Balaban J connectivity index is 1.21. The van der Waals surface area contributed by atoms with E-state index in [1.54, 1.807) is 0 Å². The van der Waals surface area contributed by atoms with E-state index in [0.717, 1.165) is 40.2 Å². The molecule has 4 nitrogen and oxygen atoms in total. The molecule has 0 atom stereocenters. The predicted molar refractivity (Wildman–Crippen MR) is 260 cm³/mol. The minimum absolute atomic E-state index is 0.0481. The van der Waals surface area contributed by atoms with Gasteiger partial charge in [-0.05, 0) is 113 Å². The van der Waals surface area contributed by atoms with Gasteiger partial charge < -0.3 is 18.7 Å². The van der Waals surface area contributed by atoms with Crippen LogP contribution in [0.15, 0.2) is 156 Å². The highest BCUT2D eigenvalue weighted by atomic mass is 32.1. The van der Waals surface area contributed by atoms with Crippen LogP contribution in [-0.2, 0) is 10.8 Å². The van der Waals surface area contributed by atoms with Crippen molar-refractivity contribution in [1.82, 2.24) is 4.48 Å². The first-order valence-electron chi connectivity index (χ1n) is 21.7. The quantitative estimate of drug-likeness (QED) is 0.166. The number of hydrogen-bond donors (Lipinski definition) is 0. The van der Waals surface area contributed by atoms with Crippen LogP contribution in [0.5, 0.6) is 0 Å². The van der Waals surface area contributed by atoms with Gasteiger partial charge in [-0.15, -0.1) is 11.3 Å². The van der Waals surface area contributed by atoms with Crippen molar-refractivity contribution in [2.24, 2.45) is 0 Å². The van der Waals surface area contributed by atoms with Crippen LogP contribution in [0.4, 0.5) is 34.1 Å². The summed E-state index contributed by atoms with van der Waals surface area (Å²) in [6.45, 7) is 12.0. The number of nitrogens with zero attached hydrogens (tertiary/aromatic N) is 3. The Bertz CT molecular complexity index is 3430. The molecule has 2 aliphatic heterocycles. The summed E-state index contributed by atoms with van der Waals surface area (Å²) in [7, 11) is 0. The van der Waals surface area contributed by atoms with Crippen molar-refractivity contribution in [2.75, 3.05) is 9.80 Å². The monoisotopic (exact) mass is 805 g/mol. The van der Waals surface area contributed by atoms with Crippen LogP contribution in [0.25, 0.3) is 54.2 Å². The molecule has 61 heavy (non-hydrogen) atoms. The lowest BCUT2D eigenvalue weighted by Crippen LogP contribution is -2.55. The summed E-state index contributed by atoms with van der Waals surface area (Å²) in [4.78, 5) is 5.10. The minimum atomic E-state index is -0.103. The van der Waals surface area contributed by atoms with E-state index in [4.69, 9.17) is 4.42 Å². The third kappa shape index (κ3) is 4.77. The maximum atomic E-state index is 7.01. The molecule has 5 heterocycles. The number of fused-ring (bicyclic) bond motifs is 12. The maximum absolute atomic E-state index is 7.01. The molecule has 0 bridgehead atoms. The van der Waals surface area contributed by atoms with Gasteiger partial charge in [0.15, 0.2) is 5.71 Å². The van der Waals surface area contributed by atoms with Crippen molar-refractivity contribution < 1.29 is 4.42 Å². The van der Waals surface area contributed by atoms with Gasteiger partial charge in [0.05, 0.1) is 11.1 Å². The Morgan fingerprint density at radius 3 is 1.98 bits per heavy atom. The molecule has 0 radical (unpaired) electrons. The van der Waals surface area contributed by atoms with E-state index < -0.39 is 0 Å². The van der Waals surface area contributed by atoms with Crippen LogP contribution < -0.4 is 20.0 Å². The van der Waals surface area contributed by atoms with Crippen molar-refractivity contribution in [2.45, 2.75) is 58.3 Å². The van der Waals surface area contributed by atoms with Gasteiger partial charge >= 0.3 is 6.85 Å². The van der Waals surface area contributed by atoms with Gasteiger partial charge in [-0.25, -0.2) is 0 Å². The Morgan fingerprint density at radius 2 is 1.25 bits per heavy atom. The summed E-state index contributed by atoms with van der Waals surface area (Å²) in [5, 5.41) is 4.87. The second kappa shape index (κ2) is 12.3. The van der Waals surface area contributed by atoms with Gasteiger partial charge in [0.25, 0.3) is 0 Å². The first-order chi connectivity index (χ1) is 29.7. The molecule has 10 aromatic rings. The molecule has 13 rings (SSSR count). The van der Waals surface area contributed by atoms with Gasteiger partial charge in [-0.1, -0.05) is 125 Å². The third-order valence-corrected chi connectivity index (χ3v) is 15.5. The first kappa shape index (κ1) is 35.3. The summed E-state index contributed by atoms with van der Waals surface area (Å²) in [6, 6.07) is 56.3. The van der Waals surface area contributed by atoms with E-state index in [1.807, 2.05) is 11.3 Å². The Labute approximate surface area is 360 Å². The second-order valence-electron chi connectivity index (χ2n) is 18.8. The fraction of sp³-hybridized carbons (Fsp3) is 0.164. The first-order valence-corrected chi connectivity index (χ1v) is 22.5. The van der Waals surface area contributed by atoms with Crippen molar-refractivity contribution in [3.63, 3.8) is 0 Å². The van der Waals surface area contributed by atoms with Crippen LogP contribution in [0.1, 0.15) is 57.2 Å². The number of benzene rings is 7.